The predicted octanol–water partition coefficient (Wildman–Crippen LogP) is 1.19. The molecule has 0 fully saturated rings. The molecule has 2 N–H and O–H groups in total. The van der Waals surface area contributed by atoms with Gasteiger partial charge in [-0.3, -0.25) is 9.78 Å². The van der Waals surface area contributed by atoms with Crippen molar-refractivity contribution in [3.63, 3.8) is 0 Å². The lowest BCUT2D eigenvalue weighted by Crippen LogP contribution is -2.39. The number of para-hydroxylation sites is 2. The molecule has 2 rings (SSSR count). The van der Waals surface area contributed by atoms with Crippen molar-refractivity contribution in [2.24, 2.45) is 0 Å². The molecule has 1 heterocycles. The first kappa shape index (κ1) is 14.2. The molecule has 1 aromatic carbocycles. The van der Waals surface area contributed by atoms with Crippen molar-refractivity contribution >= 4 is 22.8 Å². The van der Waals surface area contributed by atoms with Crippen LogP contribution in [0.1, 0.15) is 6.92 Å². The minimum absolute atomic E-state index is 0.1000. The summed E-state index contributed by atoms with van der Waals surface area (Å²) in [5, 5.41) is 5.80. The highest BCUT2D eigenvalue weighted by molar-refractivity contribution is 5.84. The van der Waals surface area contributed by atoms with Crippen LogP contribution >= 0.6 is 0 Å². The van der Waals surface area contributed by atoms with Gasteiger partial charge in [0.15, 0.2) is 0 Å². The van der Waals surface area contributed by atoms with Gasteiger partial charge in [-0.1, -0.05) is 12.1 Å². The molecular weight excluding hydrogens is 256 g/mol. The number of amides is 1. The van der Waals surface area contributed by atoms with Gasteiger partial charge in [-0.25, -0.2) is 4.98 Å². The van der Waals surface area contributed by atoms with Crippen LogP contribution in [0.4, 0.5) is 5.82 Å². The molecule has 0 aliphatic heterocycles. The Morgan fingerprint density at radius 1 is 1.35 bits per heavy atom. The van der Waals surface area contributed by atoms with Crippen molar-refractivity contribution < 1.29 is 9.53 Å². The third-order valence-electron chi connectivity index (χ3n) is 2.81. The Hall–Kier alpha value is -2.21. The van der Waals surface area contributed by atoms with Gasteiger partial charge in [0.25, 0.3) is 0 Å². The highest BCUT2D eigenvalue weighted by Crippen LogP contribution is 2.11. The van der Waals surface area contributed by atoms with E-state index in [0.29, 0.717) is 19.0 Å². The van der Waals surface area contributed by atoms with Crippen molar-refractivity contribution in [3.05, 3.63) is 30.5 Å². The van der Waals surface area contributed by atoms with Crippen molar-refractivity contribution in [1.29, 1.82) is 0 Å². The van der Waals surface area contributed by atoms with Crippen molar-refractivity contribution in [2.45, 2.75) is 13.0 Å². The summed E-state index contributed by atoms with van der Waals surface area (Å²) in [6, 6.07) is 7.21. The number of carbonyl (C=O) groups is 1. The van der Waals surface area contributed by atoms with Crippen molar-refractivity contribution in [3.8, 4) is 0 Å². The van der Waals surface area contributed by atoms with Gasteiger partial charge in [-0.15, -0.1) is 0 Å². The molecule has 0 aliphatic rings. The van der Waals surface area contributed by atoms with E-state index in [1.165, 1.54) is 0 Å². The van der Waals surface area contributed by atoms with Crippen LogP contribution in [0, 0.1) is 0 Å². The highest BCUT2D eigenvalue weighted by Gasteiger charge is 2.12. The Bertz CT molecular complexity index is 588. The van der Waals surface area contributed by atoms with E-state index in [9.17, 15) is 4.79 Å². The second-order valence-corrected chi connectivity index (χ2v) is 4.39. The molecule has 1 aromatic heterocycles. The molecule has 1 unspecified atom stereocenters. The molecule has 106 valence electrons. The van der Waals surface area contributed by atoms with Crippen LogP contribution in [0.5, 0.6) is 0 Å². The normalized spacial score (nSPS) is 12.1. The second-order valence-electron chi connectivity index (χ2n) is 4.39. The van der Waals surface area contributed by atoms with Gasteiger partial charge < -0.3 is 15.4 Å². The fraction of sp³-hybridized carbons (Fsp3) is 0.357. The summed E-state index contributed by atoms with van der Waals surface area (Å²) in [5.74, 6) is 0.482. The lowest BCUT2D eigenvalue weighted by Gasteiger charge is -2.14. The summed E-state index contributed by atoms with van der Waals surface area (Å²) in [5.41, 5.74) is 1.62. The van der Waals surface area contributed by atoms with Crippen LogP contribution in [0.2, 0.25) is 0 Å². The third kappa shape index (κ3) is 3.64. The highest BCUT2D eigenvalue weighted by atomic mass is 16.5. The van der Waals surface area contributed by atoms with Gasteiger partial charge in [0.2, 0.25) is 5.91 Å². The van der Waals surface area contributed by atoms with Crippen molar-refractivity contribution in [2.75, 3.05) is 25.6 Å². The summed E-state index contributed by atoms with van der Waals surface area (Å²) >= 11 is 0. The molecule has 0 radical (unpaired) electrons. The van der Waals surface area contributed by atoms with Gasteiger partial charge in [-0.2, -0.15) is 0 Å². The minimum atomic E-state index is -0.387. The van der Waals surface area contributed by atoms with Crippen LogP contribution < -0.4 is 10.6 Å². The molecule has 0 aliphatic carbocycles. The maximum atomic E-state index is 11.8. The molecule has 20 heavy (non-hydrogen) atoms. The number of carbonyl (C=O) groups excluding carboxylic acids is 1. The number of benzene rings is 1. The van der Waals surface area contributed by atoms with Crippen LogP contribution in [-0.2, 0) is 9.53 Å². The SMILES string of the molecule is COCCNC(=O)C(C)Nc1cnc2ccccc2n1. The largest absolute Gasteiger partial charge is 0.383 e. The van der Waals surface area contributed by atoms with E-state index in [4.69, 9.17) is 4.74 Å². The topological polar surface area (TPSA) is 76.1 Å². The number of anilines is 1. The van der Waals surface area contributed by atoms with Crippen LogP contribution in [0.3, 0.4) is 0 Å². The molecule has 2 aromatic rings. The number of nitrogens with zero attached hydrogens (tertiary/aromatic N) is 2. The first-order chi connectivity index (χ1) is 9.70. The van der Waals surface area contributed by atoms with Crippen LogP contribution in [0.15, 0.2) is 30.5 Å². The summed E-state index contributed by atoms with van der Waals surface area (Å²) < 4.78 is 4.88. The third-order valence-corrected chi connectivity index (χ3v) is 2.81. The number of methoxy groups -OCH3 is 1. The lowest BCUT2D eigenvalue weighted by atomic mass is 10.3. The number of aromatic nitrogens is 2. The standard InChI is InChI=1S/C14H18N4O2/c1-10(14(19)15-7-8-20-2)17-13-9-16-11-5-3-4-6-12(11)18-13/h3-6,9-10H,7-8H2,1-2H3,(H,15,19)(H,17,18). The fourth-order valence-electron chi connectivity index (χ4n) is 1.74. The molecule has 1 atom stereocenters. The maximum Gasteiger partial charge on any atom is 0.242 e. The van der Waals surface area contributed by atoms with E-state index in [1.54, 1.807) is 20.2 Å². The Balaban J connectivity index is 1.98. The zero-order chi connectivity index (χ0) is 14.4. The number of hydrogen-bond acceptors (Lipinski definition) is 5. The Kier molecular flexibility index (Phi) is 4.84. The molecule has 1 amide bonds. The van der Waals surface area contributed by atoms with E-state index < -0.39 is 0 Å². The Labute approximate surface area is 117 Å². The van der Waals surface area contributed by atoms with Gasteiger partial charge in [0.1, 0.15) is 11.9 Å². The summed E-state index contributed by atoms with van der Waals surface area (Å²) in [6.07, 6.45) is 1.63. The quantitative estimate of drug-likeness (QED) is 0.774. The molecule has 0 saturated carbocycles. The average molecular weight is 274 g/mol. The van der Waals surface area contributed by atoms with Gasteiger partial charge in [0, 0.05) is 13.7 Å². The number of rotatable bonds is 6. The minimum Gasteiger partial charge on any atom is -0.383 e. The summed E-state index contributed by atoms with van der Waals surface area (Å²) in [7, 11) is 1.60. The van der Waals surface area contributed by atoms with Crippen LogP contribution in [0.25, 0.3) is 11.0 Å². The van der Waals surface area contributed by atoms with Gasteiger partial charge in [0.05, 0.1) is 23.8 Å². The molecule has 6 heteroatoms. The summed E-state index contributed by atoms with van der Waals surface area (Å²) in [6.45, 7) is 2.76. The van der Waals surface area contributed by atoms with Crippen LogP contribution in [-0.4, -0.2) is 42.2 Å². The van der Waals surface area contributed by atoms with Crippen molar-refractivity contribution in [1.82, 2.24) is 15.3 Å². The van der Waals surface area contributed by atoms with E-state index in [0.717, 1.165) is 11.0 Å². The lowest BCUT2D eigenvalue weighted by molar-refractivity contribution is -0.121. The molecule has 6 nitrogen and oxygen atoms in total. The van der Waals surface area contributed by atoms with Gasteiger partial charge in [-0.05, 0) is 19.1 Å². The first-order valence-electron chi connectivity index (χ1n) is 6.45. The number of hydrogen-bond donors (Lipinski definition) is 2. The predicted molar refractivity (Wildman–Crippen MR) is 77.5 cm³/mol. The number of ether oxygens (including phenoxy) is 1. The number of nitrogens with one attached hydrogen (secondary N) is 2. The molecule has 0 spiro atoms. The Morgan fingerprint density at radius 2 is 2.10 bits per heavy atom. The smallest absolute Gasteiger partial charge is 0.242 e. The van der Waals surface area contributed by atoms with E-state index in [2.05, 4.69) is 20.6 Å². The molecule has 0 saturated heterocycles. The molecule has 0 bridgehead atoms. The number of fused-ring (bicyclic) bond motifs is 1. The molecular formula is C14H18N4O2. The fourth-order valence-corrected chi connectivity index (χ4v) is 1.74. The maximum absolute atomic E-state index is 11.8. The Morgan fingerprint density at radius 3 is 2.85 bits per heavy atom. The zero-order valence-corrected chi connectivity index (χ0v) is 11.6. The summed E-state index contributed by atoms with van der Waals surface area (Å²) in [4.78, 5) is 20.5. The average Bonchev–Trinajstić information content (AvgIpc) is 2.47. The first-order valence-corrected chi connectivity index (χ1v) is 6.45. The van der Waals surface area contributed by atoms with E-state index in [-0.39, 0.29) is 11.9 Å². The zero-order valence-electron chi connectivity index (χ0n) is 11.6. The monoisotopic (exact) mass is 274 g/mol. The van der Waals surface area contributed by atoms with E-state index in [1.807, 2.05) is 24.3 Å². The van der Waals surface area contributed by atoms with Gasteiger partial charge >= 0.3 is 0 Å². The van der Waals surface area contributed by atoms with E-state index >= 15 is 0 Å². The second kappa shape index (κ2) is 6.81.